The molecular formula is C18H22N4O2. The summed E-state index contributed by atoms with van der Waals surface area (Å²) < 4.78 is 0. The molecule has 0 atom stereocenters. The van der Waals surface area contributed by atoms with Crippen LogP contribution in [0.4, 0.5) is 11.5 Å². The molecule has 1 amide bonds. The van der Waals surface area contributed by atoms with E-state index in [1.54, 1.807) is 38.1 Å². The highest BCUT2D eigenvalue weighted by atomic mass is 16.3. The van der Waals surface area contributed by atoms with Gasteiger partial charge in [-0.1, -0.05) is 12.1 Å². The van der Waals surface area contributed by atoms with Crippen LogP contribution in [0.2, 0.25) is 0 Å². The number of nitrogens with zero attached hydrogens (tertiary/aromatic N) is 3. The van der Waals surface area contributed by atoms with Gasteiger partial charge in [-0.15, -0.1) is 10.2 Å². The van der Waals surface area contributed by atoms with Crippen LogP contribution in [0.25, 0.3) is 0 Å². The number of carbonyl (C=O) groups is 1. The molecule has 0 radical (unpaired) electrons. The van der Waals surface area contributed by atoms with Crippen molar-refractivity contribution >= 4 is 17.4 Å². The van der Waals surface area contributed by atoms with E-state index in [0.717, 1.165) is 24.5 Å². The molecule has 1 aliphatic heterocycles. The summed E-state index contributed by atoms with van der Waals surface area (Å²) in [7, 11) is 0. The van der Waals surface area contributed by atoms with Gasteiger partial charge in [-0.05, 0) is 56.5 Å². The van der Waals surface area contributed by atoms with Gasteiger partial charge in [0.15, 0.2) is 11.5 Å². The molecule has 126 valence electrons. The monoisotopic (exact) mass is 326 g/mol. The van der Waals surface area contributed by atoms with E-state index in [-0.39, 0.29) is 11.6 Å². The quantitative estimate of drug-likeness (QED) is 0.903. The second-order valence-electron chi connectivity index (χ2n) is 6.56. The van der Waals surface area contributed by atoms with Gasteiger partial charge in [-0.3, -0.25) is 4.79 Å². The molecule has 1 aromatic heterocycles. The van der Waals surface area contributed by atoms with E-state index in [1.165, 1.54) is 12.8 Å². The minimum Gasteiger partial charge on any atom is -0.386 e. The van der Waals surface area contributed by atoms with Crippen molar-refractivity contribution in [1.82, 2.24) is 10.2 Å². The highest BCUT2D eigenvalue weighted by Gasteiger charge is 2.18. The van der Waals surface area contributed by atoms with Gasteiger partial charge in [0.2, 0.25) is 0 Å². The first-order valence-electron chi connectivity index (χ1n) is 8.16. The number of aromatic nitrogens is 2. The Morgan fingerprint density at radius 1 is 1.17 bits per heavy atom. The number of carbonyl (C=O) groups excluding carboxylic acids is 1. The standard InChI is InChI=1S/C18H22N4O2/c1-18(2,24)13-6-5-7-14(12-13)19-17(23)15-8-9-16(21-20-15)22-10-3-4-11-22/h5-9,12,24H,3-4,10-11H2,1-2H3,(H,19,23). The molecule has 1 saturated heterocycles. The maximum Gasteiger partial charge on any atom is 0.276 e. The fourth-order valence-corrected chi connectivity index (χ4v) is 2.73. The molecule has 0 aliphatic carbocycles. The van der Waals surface area contributed by atoms with Crippen LogP contribution < -0.4 is 10.2 Å². The summed E-state index contributed by atoms with van der Waals surface area (Å²) in [5, 5.41) is 21.0. The fraction of sp³-hybridized carbons (Fsp3) is 0.389. The number of rotatable bonds is 4. The lowest BCUT2D eigenvalue weighted by Gasteiger charge is -2.18. The Bertz CT molecular complexity index is 717. The van der Waals surface area contributed by atoms with Crippen LogP contribution >= 0.6 is 0 Å². The molecule has 2 heterocycles. The molecule has 2 aromatic rings. The predicted octanol–water partition coefficient (Wildman–Crippen LogP) is 2.56. The van der Waals surface area contributed by atoms with Crippen molar-refractivity contribution in [2.24, 2.45) is 0 Å². The number of hydrogen-bond acceptors (Lipinski definition) is 5. The number of hydrogen-bond donors (Lipinski definition) is 2. The van der Waals surface area contributed by atoms with Crippen molar-refractivity contribution in [1.29, 1.82) is 0 Å². The Morgan fingerprint density at radius 2 is 1.92 bits per heavy atom. The van der Waals surface area contributed by atoms with Crippen LogP contribution in [0.15, 0.2) is 36.4 Å². The highest BCUT2D eigenvalue weighted by molar-refractivity contribution is 6.02. The molecule has 6 nitrogen and oxygen atoms in total. The smallest absolute Gasteiger partial charge is 0.276 e. The van der Waals surface area contributed by atoms with Crippen molar-refractivity contribution in [3.63, 3.8) is 0 Å². The summed E-state index contributed by atoms with van der Waals surface area (Å²) >= 11 is 0. The molecule has 24 heavy (non-hydrogen) atoms. The van der Waals surface area contributed by atoms with Gasteiger partial charge in [0.25, 0.3) is 5.91 Å². The van der Waals surface area contributed by atoms with Gasteiger partial charge in [0, 0.05) is 18.8 Å². The van der Waals surface area contributed by atoms with E-state index in [1.807, 2.05) is 12.1 Å². The molecule has 1 fully saturated rings. The third kappa shape index (κ3) is 3.71. The lowest BCUT2D eigenvalue weighted by atomic mass is 9.98. The maximum atomic E-state index is 12.3. The third-order valence-electron chi connectivity index (χ3n) is 4.14. The fourth-order valence-electron chi connectivity index (χ4n) is 2.73. The number of aliphatic hydroxyl groups is 1. The molecule has 0 bridgehead atoms. The first kappa shape index (κ1) is 16.4. The Labute approximate surface area is 141 Å². The summed E-state index contributed by atoms with van der Waals surface area (Å²) in [5.74, 6) is 0.497. The van der Waals surface area contributed by atoms with E-state index in [4.69, 9.17) is 0 Å². The molecule has 3 rings (SSSR count). The van der Waals surface area contributed by atoms with Gasteiger partial charge in [-0.2, -0.15) is 0 Å². The SMILES string of the molecule is CC(C)(O)c1cccc(NC(=O)c2ccc(N3CCCC3)nn2)c1. The second kappa shape index (κ2) is 6.57. The topological polar surface area (TPSA) is 78.4 Å². The van der Waals surface area contributed by atoms with Crippen molar-refractivity contribution in [2.45, 2.75) is 32.3 Å². The Hall–Kier alpha value is -2.47. The van der Waals surface area contributed by atoms with E-state index >= 15 is 0 Å². The normalized spacial score (nSPS) is 14.7. The predicted molar refractivity (Wildman–Crippen MR) is 93.1 cm³/mol. The minimum atomic E-state index is -0.960. The maximum absolute atomic E-state index is 12.3. The lowest BCUT2D eigenvalue weighted by Crippen LogP contribution is -2.21. The molecule has 0 unspecified atom stereocenters. The summed E-state index contributed by atoms with van der Waals surface area (Å²) in [6.07, 6.45) is 2.34. The Balaban J connectivity index is 1.70. The van der Waals surface area contributed by atoms with Crippen molar-refractivity contribution < 1.29 is 9.90 Å². The van der Waals surface area contributed by atoms with Crippen molar-refractivity contribution in [2.75, 3.05) is 23.3 Å². The van der Waals surface area contributed by atoms with Gasteiger partial charge in [-0.25, -0.2) is 0 Å². The summed E-state index contributed by atoms with van der Waals surface area (Å²) in [6.45, 7) is 5.39. The minimum absolute atomic E-state index is 0.270. The molecule has 0 saturated carbocycles. The van der Waals surface area contributed by atoms with Gasteiger partial charge in [0.05, 0.1) is 5.60 Å². The largest absolute Gasteiger partial charge is 0.386 e. The molecule has 1 aliphatic rings. The zero-order valence-electron chi connectivity index (χ0n) is 14.0. The molecular weight excluding hydrogens is 304 g/mol. The Morgan fingerprint density at radius 3 is 2.54 bits per heavy atom. The zero-order chi connectivity index (χ0) is 17.2. The molecule has 2 N–H and O–H groups in total. The zero-order valence-corrected chi connectivity index (χ0v) is 14.0. The van der Waals surface area contributed by atoms with Crippen LogP contribution in [0.5, 0.6) is 0 Å². The van der Waals surface area contributed by atoms with Crippen LogP contribution in [0.1, 0.15) is 42.7 Å². The number of amides is 1. The van der Waals surface area contributed by atoms with Crippen LogP contribution in [-0.4, -0.2) is 34.3 Å². The molecule has 1 aromatic carbocycles. The first-order valence-corrected chi connectivity index (χ1v) is 8.16. The highest BCUT2D eigenvalue weighted by Crippen LogP contribution is 2.23. The second-order valence-corrected chi connectivity index (χ2v) is 6.56. The van der Waals surface area contributed by atoms with Gasteiger partial charge in [0.1, 0.15) is 0 Å². The third-order valence-corrected chi connectivity index (χ3v) is 4.14. The molecule has 6 heteroatoms. The lowest BCUT2D eigenvalue weighted by molar-refractivity contribution is 0.0786. The first-order chi connectivity index (χ1) is 11.4. The van der Waals surface area contributed by atoms with Crippen LogP contribution in [0, 0.1) is 0 Å². The summed E-state index contributed by atoms with van der Waals surface area (Å²) in [6, 6.07) is 10.7. The van der Waals surface area contributed by atoms with Crippen molar-refractivity contribution in [3.05, 3.63) is 47.7 Å². The number of anilines is 2. The number of benzene rings is 1. The van der Waals surface area contributed by atoms with Gasteiger partial charge < -0.3 is 15.3 Å². The number of nitrogens with one attached hydrogen (secondary N) is 1. The van der Waals surface area contributed by atoms with E-state index in [0.29, 0.717) is 5.69 Å². The average Bonchev–Trinajstić information content (AvgIpc) is 3.09. The average molecular weight is 326 g/mol. The van der Waals surface area contributed by atoms with E-state index < -0.39 is 5.60 Å². The van der Waals surface area contributed by atoms with E-state index in [2.05, 4.69) is 20.4 Å². The van der Waals surface area contributed by atoms with Crippen LogP contribution in [0.3, 0.4) is 0 Å². The Kier molecular flexibility index (Phi) is 4.49. The summed E-state index contributed by atoms with van der Waals surface area (Å²) in [5.41, 5.74) is 0.658. The van der Waals surface area contributed by atoms with Crippen molar-refractivity contribution in [3.8, 4) is 0 Å². The van der Waals surface area contributed by atoms with E-state index in [9.17, 15) is 9.90 Å². The molecule has 0 spiro atoms. The van der Waals surface area contributed by atoms with Gasteiger partial charge >= 0.3 is 0 Å². The summed E-state index contributed by atoms with van der Waals surface area (Å²) in [4.78, 5) is 14.5. The van der Waals surface area contributed by atoms with Crippen LogP contribution in [-0.2, 0) is 5.60 Å².